The molecule has 32 heavy (non-hydrogen) atoms. The molecular weight excluding hydrogens is 543 g/mol. The first-order chi connectivity index (χ1) is 15.0. The molecule has 1 N–H and O–H groups in total. The molecule has 1 heterocycles. The summed E-state index contributed by atoms with van der Waals surface area (Å²) in [6, 6.07) is 0. The molecular formula is C23H35F4IO4. The summed E-state index contributed by atoms with van der Waals surface area (Å²) in [6.07, 6.45) is -2.00. The zero-order valence-electron chi connectivity index (χ0n) is 18.9. The molecule has 0 aromatic rings. The van der Waals surface area contributed by atoms with Crippen molar-refractivity contribution < 1.29 is 36.9 Å². The normalized spacial score (nSPS) is 32.0. The van der Waals surface area contributed by atoms with Gasteiger partial charge in [0.15, 0.2) is 0 Å². The molecule has 1 aliphatic carbocycles. The third-order valence-corrected chi connectivity index (χ3v) is 8.39. The van der Waals surface area contributed by atoms with Gasteiger partial charge in [0.1, 0.15) is 12.3 Å². The van der Waals surface area contributed by atoms with Crippen LogP contribution < -0.4 is 0 Å². The minimum Gasteiger partial charge on any atom is -0.469 e. The topological polar surface area (TPSA) is 55.8 Å². The molecule has 2 fully saturated rings. The van der Waals surface area contributed by atoms with Gasteiger partial charge in [0.05, 0.1) is 24.7 Å². The number of aliphatic hydroxyl groups excluding tert-OH is 1. The average molecular weight is 578 g/mol. The summed E-state index contributed by atoms with van der Waals surface area (Å²) in [5, 5.41) is 10.4. The maximum absolute atomic E-state index is 15.3. The highest BCUT2D eigenvalue weighted by Crippen LogP contribution is 2.49. The van der Waals surface area contributed by atoms with Crippen LogP contribution in [0.25, 0.3) is 0 Å². The number of hydrogen-bond donors (Lipinski definition) is 1. The van der Waals surface area contributed by atoms with Crippen molar-refractivity contribution in [2.24, 2.45) is 17.3 Å². The number of carbonyl (C=O) groups is 1. The van der Waals surface area contributed by atoms with Crippen molar-refractivity contribution in [2.75, 3.05) is 7.11 Å². The molecule has 4 unspecified atom stereocenters. The lowest BCUT2D eigenvalue weighted by atomic mass is 9.78. The molecule has 2 rings (SSSR count). The summed E-state index contributed by atoms with van der Waals surface area (Å²) in [5.41, 5.74) is -2.23. The number of ether oxygens (including phenoxy) is 2. The highest BCUT2D eigenvalue weighted by Gasteiger charge is 2.55. The molecule has 0 aromatic heterocycles. The molecule has 0 bridgehead atoms. The van der Waals surface area contributed by atoms with Crippen LogP contribution in [-0.4, -0.2) is 52.8 Å². The fourth-order valence-corrected chi connectivity index (χ4v) is 5.80. The number of rotatable bonds is 11. The molecule has 186 valence electrons. The maximum atomic E-state index is 15.3. The smallest absolute Gasteiger partial charge is 0.397 e. The first kappa shape index (κ1) is 27.8. The number of alkyl halides is 5. The van der Waals surface area contributed by atoms with Crippen molar-refractivity contribution >= 4 is 28.6 Å². The van der Waals surface area contributed by atoms with Crippen LogP contribution >= 0.6 is 22.6 Å². The van der Waals surface area contributed by atoms with Gasteiger partial charge in [-0.15, -0.1) is 0 Å². The Morgan fingerprint density at radius 1 is 1.31 bits per heavy atom. The third kappa shape index (κ3) is 6.37. The molecule has 1 aliphatic heterocycles. The number of halogens is 5. The zero-order valence-corrected chi connectivity index (χ0v) is 21.1. The zero-order chi connectivity index (χ0) is 24.1. The number of fused-ring (bicyclic) bond motifs is 1. The van der Waals surface area contributed by atoms with Gasteiger partial charge < -0.3 is 14.6 Å². The van der Waals surface area contributed by atoms with Gasteiger partial charge >= 0.3 is 12.1 Å². The van der Waals surface area contributed by atoms with Gasteiger partial charge in [0.2, 0.25) is 0 Å². The Balaban J connectivity index is 2.01. The van der Waals surface area contributed by atoms with Crippen LogP contribution in [0.5, 0.6) is 0 Å². The Morgan fingerprint density at radius 2 is 2.00 bits per heavy atom. The van der Waals surface area contributed by atoms with Gasteiger partial charge in [-0.05, 0) is 44.9 Å². The Morgan fingerprint density at radius 3 is 2.59 bits per heavy atom. The van der Waals surface area contributed by atoms with E-state index in [1.54, 1.807) is 6.08 Å². The molecule has 0 amide bonds. The van der Waals surface area contributed by atoms with Crippen molar-refractivity contribution in [3.05, 3.63) is 12.2 Å². The number of aliphatic hydroxyl groups is 1. The van der Waals surface area contributed by atoms with E-state index in [2.05, 4.69) is 27.3 Å². The van der Waals surface area contributed by atoms with Crippen LogP contribution in [0.15, 0.2) is 12.2 Å². The fourth-order valence-electron chi connectivity index (χ4n) is 4.79. The van der Waals surface area contributed by atoms with E-state index in [-0.39, 0.29) is 34.8 Å². The summed E-state index contributed by atoms with van der Waals surface area (Å²) in [4.78, 5) is 11.3. The van der Waals surface area contributed by atoms with Gasteiger partial charge in [-0.2, -0.15) is 13.2 Å². The van der Waals surface area contributed by atoms with Crippen LogP contribution in [0, 0.1) is 17.3 Å². The number of unbranched alkanes of at least 4 members (excludes halogenated alkanes) is 1. The number of carbonyl (C=O) groups excluding carboxylic acids is 1. The van der Waals surface area contributed by atoms with Crippen molar-refractivity contribution in [2.45, 2.75) is 99.8 Å². The van der Waals surface area contributed by atoms with Crippen LogP contribution in [0.1, 0.15) is 65.2 Å². The summed E-state index contributed by atoms with van der Waals surface area (Å²) in [5.74, 6) is -0.991. The molecule has 4 nitrogen and oxygen atoms in total. The SMILES string of the molecule is CCCCC(C)([C@H](O)/C=C/[C@H]1CC[C@@H]2OC(C(I)CCCC(=O)OC)C(F)[C@@H]21)C(F)(F)F. The first-order valence-corrected chi connectivity index (χ1v) is 12.6. The van der Waals surface area contributed by atoms with Gasteiger partial charge in [-0.25, -0.2) is 4.39 Å². The number of allylic oxidation sites excluding steroid dienone is 1. The monoisotopic (exact) mass is 578 g/mol. The summed E-state index contributed by atoms with van der Waals surface area (Å²) >= 11 is 2.15. The second-order valence-electron chi connectivity index (χ2n) is 9.24. The lowest BCUT2D eigenvalue weighted by molar-refractivity contribution is -0.244. The van der Waals surface area contributed by atoms with Crippen molar-refractivity contribution in [1.29, 1.82) is 0 Å². The second-order valence-corrected chi connectivity index (χ2v) is 10.8. The molecule has 9 heteroatoms. The van der Waals surface area contributed by atoms with Crippen LogP contribution in [0.3, 0.4) is 0 Å². The summed E-state index contributed by atoms with van der Waals surface area (Å²) in [7, 11) is 1.33. The molecule has 1 saturated heterocycles. The lowest BCUT2D eigenvalue weighted by Crippen LogP contribution is -2.44. The van der Waals surface area contributed by atoms with E-state index in [4.69, 9.17) is 4.74 Å². The van der Waals surface area contributed by atoms with E-state index in [0.29, 0.717) is 38.5 Å². The number of esters is 1. The van der Waals surface area contributed by atoms with Gasteiger partial charge in [0.25, 0.3) is 0 Å². The first-order valence-electron chi connectivity index (χ1n) is 11.4. The van der Waals surface area contributed by atoms with E-state index in [9.17, 15) is 23.1 Å². The molecule has 1 saturated carbocycles. The minimum absolute atomic E-state index is 0.115. The van der Waals surface area contributed by atoms with Gasteiger partial charge in [0, 0.05) is 16.3 Å². The van der Waals surface area contributed by atoms with Crippen molar-refractivity contribution in [3.8, 4) is 0 Å². The Hall–Kier alpha value is -0.420. The van der Waals surface area contributed by atoms with Gasteiger partial charge in [-0.3, -0.25) is 4.79 Å². The largest absolute Gasteiger partial charge is 0.469 e. The number of hydrogen-bond acceptors (Lipinski definition) is 4. The second kappa shape index (κ2) is 11.8. The number of methoxy groups -OCH3 is 1. The van der Waals surface area contributed by atoms with Crippen molar-refractivity contribution in [3.63, 3.8) is 0 Å². The van der Waals surface area contributed by atoms with Crippen LogP contribution in [-0.2, 0) is 14.3 Å². The molecule has 2 aliphatic rings. The Labute approximate surface area is 201 Å². The predicted molar refractivity (Wildman–Crippen MR) is 122 cm³/mol. The highest BCUT2D eigenvalue weighted by atomic mass is 127. The molecule has 0 aromatic carbocycles. The quantitative estimate of drug-likeness (QED) is 0.108. The van der Waals surface area contributed by atoms with E-state index >= 15 is 4.39 Å². The van der Waals surface area contributed by atoms with Crippen LogP contribution in [0.2, 0.25) is 0 Å². The molecule has 0 radical (unpaired) electrons. The van der Waals surface area contributed by atoms with Crippen molar-refractivity contribution in [1.82, 2.24) is 0 Å². The lowest BCUT2D eigenvalue weighted by Gasteiger charge is -2.35. The summed E-state index contributed by atoms with van der Waals surface area (Å²) in [6.45, 7) is 2.86. The maximum Gasteiger partial charge on any atom is 0.397 e. The van der Waals surface area contributed by atoms with Crippen LogP contribution in [0.4, 0.5) is 17.6 Å². The molecule has 0 spiro atoms. The summed E-state index contributed by atoms with van der Waals surface area (Å²) < 4.78 is 66.8. The van der Waals surface area contributed by atoms with E-state index in [1.807, 2.05) is 6.92 Å². The highest BCUT2D eigenvalue weighted by molar-refractivity contribution is 14.1. The third-order valence-electron chi connectivity index (χ3n) is 7.06. The standard InChI is InChI=1S/C23H35F4IO4/c1-4-5-13-22(2,23(25,26)27)17(29)12-10-14-9-11-16-19(14)20(24)21(32-16)15(28)7-6-8-18(30)31-3/h10,12,14-17,19-21,29H,4-9,11,13H2,1-3H3/b12-10+/t14-,15?,16+,17-,19-,20?,21?,22?/m1/s1. The average Bonchev–Trinajstić information content (AvgIpc) is 3.29. The minimum atomic E-state index is -4.53. The van der Waals surface area contributed by atoms with E-state index in [0.717, 1.165) is 6.92 Å². The van der Waals surface area contributed by atoms with Gasteiger partial charge in [-0.1, -0.05) is 54.5 Å². The Bertz CT molecular complexity index is 644. The fraction of sp³-hybridized carbons (Fsp3) is 0.870. The predicted octanol–water partition coefficient (Wildman–Crippen LogP) is 5.94. The van der Waals surface area contributed by atoms with E-state index < -0.39 is 35.9 Å². The Kier molecular flexibility index (Phi) is 10.3. The van der Waals surface area contributed by atoms with E-state index in [1.165, 1.54) is 13.2 Å². The molecule has 8 atom stereocenters.